The first kappa shape index (κ1) is 19.0. The maximum Gasteiger partial charge on any atom is 0.261 e. The number of hydrogen-bond donors (Lipinski definition) is 1. The second-order valence-corrected chi connectivity index (χ2v) is 6.89. The molecule has 1 heterocycles. The largest absolute Gasteiger partial charge is 0.481 e. The fourth-order valence-electron chi connectivity index (χ4n) is 2.88. The fraction of sp³-hybridized carbons (Fsp3) is 0.136. The van der Waals surface area contributed by atoms with Gasteiger partial charge in [0.25, 0.3) is 5.91 Å². The molecule has 6 nitrogen and oxygen atoms in total. The summed E-state index contributed by atoms with van der Waals surface area (Å²) >= 11 is 6.14. The van der Waals surface area contributed by atoms with Crippen LogP contribution in [0.1, 0.15) is 12.8 Å². The summed E-state index contributed by atoms with van der Waals surface area (Å²) in [5.41, 5.74) is 0.670. The Hall–Kier alpha value is -3.38. The minimum Gasteiger partial charge on any atom is -0.481 e. The molecule has 4 aromatic rings. The van der Waals surface area contributed by atoms with Crippen LogP contribution >= 0.6 is 11.6 Å². The molecule has 0 saturated carbocycles. The average Bonchev–Trinajstić information content (AvgIpc) is 3.21. The van der Waals surface area contributed by atoms with Crippen LogP contribution in [-0.2, 0) is 11.3 Å². The number of nitrogens with one attached hydrogen (secondary N) is 1. The number of benzene rings is 3. The molecule has 0 saturated heterocycles. The minimum absolute atomic E-state index is 0.0989. The minimum atomic E-state index is -0.679. The van der Waals surface area contributed by atoms with Crippen LogP contribution in [0.25, 0.3) is 22.2 Å². The molecule has 3 aromatic carbocycles. The van der Waals surface area contributed by atoms with Gasteiger partial charge in [-0.25, -0.2) is 0 Å². The number of rotatable bonds is 6. The standard InChI is InChI=1S/C22H18ClN3O3/c1-14(28-17-11-10-15-6-2-3-7-16(15)12-17)22(27)24-13-20-25-21(26-29-20)18-8-4-5-9-19(18)23/h2-12,14H,13H2,1H3,(H,24,27)/t14-/m0/s1. The number of aromatic nitrogens is 2. The van der Waals surface area contributed by atoms with Gasteiger partial charge in [0.15, 0.2) is 6.10 Å². The van der Waals surface area contributed by atoms with Gasteiger partial charge in [-0.1, -0.05) is 59.2 Å². The van der Waals surface area contributed by atoms with Gasteiger partial charge in [-0.2, -0.15) is 4.98 Å². The zero-order chi connectivity index (χ0) is 20.2. The summed E-state index contributed by atoms with van der Waals surface area (Å²) in [6.07, 6.45) is -0.679. The molecule has 0 fully saturated rings. The summed E-state index contributed by atoms with van der Waals surface area (Å²) in [5, 5.41) is 9.35. The van der Waals surface area contributed by atoms with E-state index in [0.29, 0.717) is 22.2 Å². The van der Waals surface area contributed by atoms with Crippen molar-refractivity contribution in [3.63, 3.8) is 0 Å². The summed E-state index contributed by atoms with van der Waals surface area (Å²) < 4.78 is 11.0. The molecule has 29 heavy (non-hydrogen) atoms. The smallest absolute Gasteiger partial charge is 0.261 e. The molecule has 0 spiro atoms. The molecule has 0 unspecified atom stereocenters. The molecule has 1 atom stereocenters. The van der Waals surface area contributed by atoms with E-state index >= 15 is 0 Å². The summed E-state index contributed by atoms with van der Waals surface area (Å²) in [7, 11) is 0. The van der Waals surface area contributed by atoms with Crippen LogP contribution < -0.4 is 10.1 Å². The number of carbonyl (C=O) groups is 1. The molecule has 0 aliphatic rings. The normalized spacial score (nSPS) is 11.9. The van der Waals surface area contributed by atoms with Crippen LogP contribution in [0.5, 0.6) is 5.75 Å². The molecule has 4 rings (SSSR count). The Bertz CT molecular complexity index is 1160. The van der Waals surface area contributed by atoms with E-state index in [-0.39, 0.29) is 18.3 Å². The molecule has 146 valence electrons. The van der Waals surface area contributed by atoms with Gasteiger partial charge in [-0.05, 0) is 42.0 Å². The maximum atomic E-state index is 12.4. The first-order valence-electron chi connectivity index (χ1n) is 9.11. The highest BCUT2D eigenvalue weighted by Crippen LogP contribution is 2.25. The second-order valence-electron chi connectivity index (χ2n) is 6.48. The lowest BCUT2D eigenvalue weighted by atomic mass is 10.1. The predicted molar refractivity (Wildman–Crippen MR) is 111 cm³/mol. The molecule has 7 heteroatoms. The van der Waals surface area contributed by atoms with Crippen LogP contribution in [0.2, 0.25) is 5.02 Å². The lowest BCUT2D eigenvalue weighted by Gasteiger charge is -2.14. The van der Waals surface area contributed by atoms with Gasteiger partial charge >= 0.3 is 0 Å². The van der Waals surface area contributed by atoms with Gasteiger partial charge in [-0.15, -0.1) is 0 Å². The monoisotopic (exact) mass is 407 g/mol. The van der Waals surface area contributed by atoms with Crippen LogP contribution in [0.4, 0.5) is 0 Å². The predicted octanol–water partition coefficient (Wildman–Crippen LogP) is 4.63. The van der Waals surface area contributed by atoms with Crippen molar-refractivity contribution in [2.75, 3.05) is 0 Å². The molecule has 1 N–H and O–H groups in total. The number of fused-ring (bicyclic) bond motifs is 1. The average molecular weight is 408 g/mol. The highest BCUT2D eigenvalue weighted by Gasteiger charge is 2.17. The van der Waals surface area contributed by atoms with E-state index in [1.165, 1.54) is 0 Å². The molecular weight excluding hydrogens is 390 g/mol. The highest BCUT2D eigenvalue weighted by atomic mass is 35.5. The van der Waals surface area contributed by atoms with Gasteiger partial charge in [0.1, 0.15) is 5.75 Å². The molecule has 0 aliphatic heterocycles. The van der Waals surface area contributed by atoms with Gasteiger partial charge in [-0.3, -0.25) is 4.79 Å². The lowest BCUT2D eigenvalue weighted by molar-refractivity contribution is -0.127. The third-order valence-electron chi connectivity index (χ3n) is 4.40. The summed E-state index contributed by atoms with van der Waals surface area (Å²) in [6, 6.07) is 20.9. The third-order valence-corrected chi connectivity index (χ3v) is 4.73. The molecule has 1 amide bonds. The lowest BCUT2D eigenvalue weighted by Crippen LogP contribution is -2.35. The number of halogens is 1. The van der Waals surface area contributed by atoms with Gasteiger partial charge in [0.05, 0.1) is 11.6 Å². The Morgan fingerprint density at radius 3 is 2.69 bits per heavy atom. The Labute approximate surface area is 172 Å². The summed E-state index contributed by atoms with van der Waals surface area (Å²) in [6.45, 7) is 1.79. The van der Waals surface area contributed by atoms with Crippen molar-refractivity contribution in [3.8, 4) is 17.1 Å². The van der Waals surface area contributed by atoms with Gasteiger partial charge in [0, 0.05) is 5.56 Å². The molecule has 0 aliphatic carbocycles. The van der Waals surface area contributed by atoms with Crippen LogP contribution in [0, 0.1) is 0 Å². The van der Waals surface area contributed by atoms with Crippen molar-refractivity contribution in [1.29, 1.82) is 0 Å². The van der Waals surface area contributed by atoms with E-state index in [4.69, 9.17) is 20.9 Å². The number of carbonyl (C=O) groups excluding carboxylic acids is 1. The molecule has 0 bridgehead atoms. The zero-order valence-electron chi connectivity index (χ0n) is 15.6. The molecule has 0 radical (unpaired) electrons. The third kappa shape index (κ3) is 4.38. The van der Waals surface area contributed by atoms with E-state index in [2.05, 4.69) is 15.5 Å². The Balaban J connectivity index is 1.36. The maximum absolute atomic E-state index is 12.4. The van der Waals surface area contributed by atoms with Crippen molar-refractivity contribution in [1.82, 2.24) is 15.5 Å². The Morgan fingerprint density at radius 2 is 1.86 bits per heavy atom. The number of hydrogen-bond acceptors (Lipinski definition) is 5. The van der Waals surface area contributed by atoms with Gasteiger partial charge < -0.3 is 14.6 Å². The summed E-state index contributed by atoms with van der Waals surface area (Å²) in [5.74, 6) is 1.01. The van der Waals surface area contributed by atoms with Crippen LogP contribution in [-0.4, -0.2) is 22.2 Å². The van der Waals surface area contributed by atoms with E-state index in [1.807, 2.05) is 54.6 Å². The van der Waals surface area contributed by atoms with E-state index < -0.39 is 6.10 Å². The van der Waals surface area contributed by atoms with Gasteiger partial charge in [0.2, 0.25) is 11.7 Å². The number of nitrogens with zero attached hydrogens (tertiary/aromatic N) is 2. The van der Waals surface area contributed by atoms with Crippen LogP contribution in [0.3, 0.4) is 0 Å². The summed E-state index contributed by atoms with van der Waals surface area (Å²) in [4.78, 5) is 16.6. The quantitative estimate of drug-likeness (QED) is 0.504. The van der Waals surface area contributed by atoms with E-state index in [9.17, 15) is 4.79 Å². The SMILES string of the molecule is C[C@H](Oc1ccc2ccccc2c1)C(=O)NCc1nc(-c2ccccc2Cl)no1. The van der Waals surface area contributed by atoms with Crippen molar-refractivity contribution < 1.29 is 14.1 Å². The second kappa shape index (κ2) is 8.32. The Kier molecular flexibility index (Phi) is 5.44. The number of amides is 1. The first-order valence-corrected chi connectivity index (χ1v) is 9.48. The topological polar surface area (TPSA) is 77.2 Å². The van der Waals surface area contributed by atoms with Crippen molar-refractivity contribution in [2.45, 2.75) is 19.6 Å². The zero-order valence-corrected chi connectivity index (χ0v) is 16.4. The van der Waals surface area contributed by atoms with E-state index in [0.717, 1.165) is 10.8 Å². The molecular formula is C22H18ClN3O3. The van der Waals surface area contributed by atoms with E-state index in [1.54, 1.807) is 19.1 Å². The van der Waals surface area contributed by atoms with Crippen molar-refractivity contribution >= 4 is 28.3 Å². The first-order chi connectivity index (χ1) is 14.1. The fourth-order valence-corrected chi connectivity index (χ4v) is 3.10. The van der Waals surface area contributed by atoms with Crippen molar-refractivity contribution in [2.24, 2.45) is 0 Å². The van der Waals surface area contributed by atoms with Crippen molar-refractivity contribution in [3.05, 3.63) is 77.6 Å². The van der Waals surface area contributed by atoms with Crippen LogP contribution in [0.15, 0.2) is 71.3 Å². The highest BCUT2D eigenvalue weighted by molar-refractivity contribution is 6.33. The number of ether oxygens (including phenoxy) is 1. The molecule has 1 aromatic heterocycles. The Morgan fingerprint density at radius 1 is 1.10 bits per heavy atom.